The second-order valence-corrected chi connectivity index (χ2v) is 4.82. The molecule has 1 aromatic heterocycles. The van der Waals surface area contributed by atoms with E-state index in [-0.39, 0.29) is 0 Å². The first-order chi connectivity index (χ1) is 7.66. The van der Waals surface area contributed by atoms with E-state index in [1.807, 2.05) is 12.1 Å². The van der Waals surface area contributed by atoms with E-state index >= 15 is 0 Å². The van der Waals surface area contributed by atoms with Crippen LogP contribution in [0.4, 0.5) is 5.82 Å². The fourth-order valence-corrected chi connectivity index (χ4v) is 2.23. The Balaban J connectivity index is 2.09. The lowest BCUT2D eigenvalue weighted by atomic mass is 10.0. The second-order valence-electron chi connectivity index (χ2n) is 4.82. The minimum absolute atomic E-state index is 0.429. The van der Waals surface area contributed by atoms with Gasteiger partial charge in [-0.2, -0.15) is 0 Å². The highest BCUT2D eigenvalue weighted by Gasteiger charge is 2.17. The number of hydrogen-bond donors (Lipinski definition) is 1. The summed E-state index contributed by atoms with van der Waals surface area (Å²) in [5.74, 6) is 1.79. The highest BCUT2D eigenvalue weighted by molar-refractivity contribution is 5.40. The molecule has 88 valence electrons. The molecule has 3 heteroatoms. The molecule has 1 saturated heterocycles. The van der Waals surface area contributed by atoms with Crippen LogP contribution >= 0.6 is 0 Å². The molecule has 1 aliphatic rings. The molecule has 3 nitrogen and oxygen atoms in total. The van der Waals surface area contributed by atoms with Crippen molar-refractivity contribution in [1.82, 2.24) is 4.98 Å². The third-order valence-electron chi connectivity index (χ3n) is 3.23. The van der Waals surface area contributed by atoms with Crippen molar-refractivity contribution >= 4 is 5.82 Å². The van der Waals surface area contributed by atoms with E-state index in [4.69, 9.17) is 0 Å². The summed E-state index contributed by atoms with van der Waals surface area (Å²) in [6.07, 6.45) is 3.92. The van der Waals surface area contributed by atoms with Gasteiger partial charge in [-0.25, -0.2) is 4.98 Å². The molecule has 0 spiro atoms. The maximum absolute atomic E-state index is 9.41. The van der Waals surface area contributed by atoms with Gasteiger partial charge in [0.05, 0.1) is 6.10 Å². The molecular formula is C13H20N2O. The Morgan fingerprint density at radius 2 is 2.31 bits per heavy atom. The molecule has 2 heterocycles. The van der Waals surface area contributed by atoms with Crippen LogP contribution in [-0.2, 0) is 0 Å². The molecule has 0 unspecified atom stereocenters. The Bertz CT molecular complexity index is 334. The highest BCUT2D eigenvalue weighted by atomic mass is 16.3. The van der Waals surface area contributed by atoms with E-state index in [1.165, 1.54) is 12.8 Å². The van der Waals surface area contributed by atoms with Gasteiger partial charge in [0.25, 0.3) is 0 Å². The fourth-order valence-electron chi connectivity index (χ4n) is 2.23. The van der Waals surface area contributed by atoms with Crippen molar-refractivity contribution in [3.8, 4) is 0 Å². The van der Waals surface area contributed by atoms with Crippen molar-refractivity contribution < 1.29 is 5.11 Å². The lowest BCUT2D eigenvalue weighted by molar-refractivity contribution is 0.199. The molecule has 0 saturated carbocycles. The first kappa shape index (κ1) is 11.4. The Labute approximate surface area is 97.1 Å². The van der Waals surface area contributed by atoms with Crippen molar-refractivity contribution in [3.63, 3.8) is 0 Å². The van der Waals surface area contributed by atoms with Gasteiger partial charge in [-0.3, -0.25) is 0 Å². The normalized spacial score (nSPS) is 23.2. The number of nitrogens with zero attached hydrogens (tertiary/aromatic N) is 2. The highest BCUT2D eigenvalue weighted by Crippen LogP contribution is 2.22. The molecule has 0 aromatic carbocycles. The Morgan fingerprint density at radius 1 is 1.50 bits per heavy atom. The van der Waals surface area contributed by atoms with Gasteiger partial charge in [-0.05, 0) is 37.3 Å². The number of piperidine rings is 1. The fraction of sp³-hybridized carbons (Fsp3) is 0.615. The maximum Gasteiger partial charge on any atom is 0.128 e. The van der Waals surface area contributed by atoms with E-state index in [9.17, 15) is 5.11 Å². The second kappa shape index (κ2) is 4.83. The topological polar surface area (TPSA) is 36.4 Å². The zero-order valence-electron chi connectivity index (χ0n) is 10.1. The number of rotatable bonds is 2. The Kier molecular flexibility index (Phi) is 3.44. The lowest BCUT2D eigenvalue weighted by Crippen LogP contribution is -2.34. The summed E-state index contributed by atoms with van der Waals surface area (Å²) in [6.45, 7) is 6.25. The molecule has 1 aromatic rings. The van der Waals surface area contributed by atoms with E-state index < -0.39 is 6.10 Å². The van der Waals surface area contributed by atoms with Crippen molar-refractivity contribution in [2.24, 2.45) is 5.92 Å². The van der Waals surface area contributed by atoms with Crippen molar-refractivity contribution in [2.75, 3.05) is 18.0 Å². The molecule has 2 rings (SSSR count). The van der Waals surface area contributed by atoms with Crippen LogP contribution in [0.15, 0.2) is 18.3 Å². The van der Waals surface area contributed by atoms with E-state index in [0.717, 1.165) is 30.4 Å². The van der Waals surface area contributed by atoms with Crippen LogP contribution < -0.4 is 4.90 Å². The zero-order valence-corrected chi connectivity index (χ0v) is 10.1. The summed E-state index contributed by atoms with van der Waals surface area (Å²) in [7, 11) is 0. The summed E-state index contributed by atoms with van der Waals surface area (Å²) in [4.78, 5) is 6.76. The molecule has 0 radical (unpaired) electrons. The summed E-state index contributed by atoms with van der Waals surface area (Å²) >= 11 is 0. The van der Waals surface area contributed by atoms with Gasteiger partial charge >= 0.3 is 0 Å². The van der Waals surface area contributed by atoms with Crippen LogP contribution in [0.25, 0.3) is 0 Å². The average Bonchev–Trinajstić information content (AvgIpc) is 2.29. The lowest BCUT2D eigenvalue weighted by Gasteiger charge is -2.31. The van der Waals surface area contributed by atoms with Crippen molar-refractivity contribution in [2.45, 2.75) is 32.8 Å². The van der Waals surface area contributed by atoms with Crippen molar-refractivity contribution in [1.29, 1.82) is 0 Å². The Morgan fingerprint density at radius 3 is 2.88 bits per heavy atom. The van der Waals surface area contributed by atoms with Crippen LogP contribution in [-0.4, -0.2) is 23.2 Å². The SMILES string of the molecule is C[C@H]1CCCN(c2ccc([C@@H](C)O)cn2)C1. The number of pyridine rings is 1. The third-order valence-corrected chi connectivity index (χ3v) is 3.23. The van der Waals surface area contributed by atoms with Gasteiger partial charge in [-0.15, -0.1) is 0 Å². The van der Waals surface area contributed by atoms with Gasteiger partial charge in [0.2, 0.25) is 0 Å². The molecule has 1 aliphatic heterocycles. The molecule has 2 atom stereocenters. The number of hydrogen-bond acceptors (Lipinski definition) is 3. The van der Waals surface area contributed by atoms with Crippen molar-refractivity contribution in [3.05, 3.63) is 23.9 Å². The standard InChI is InChI=1S/C13H20N2O/c1-10-4-3-7-15(9-10)13-6-5-12(8-14-13)11(2)16/h5-6,8,10-11,16H,3-4,7,9H2,1-2H3/t10-,11+/m0/s1. The van der Waals surface area contributed by atoms with Gasteiger partial charge in [0, 0.05) is 19.3 Å². The van der Waals surface area contributed by atoms with Crippen LogP contribution in [0.3, 0.4) is 0 Å². The van der Waals surface area contributed by atoms with E-state index in [1.54, 1.807) is 13.1 Å². The molecule has 0 amide bonds. The molecule has 1 N–H and O–H groups in total. The summed E-state index contributed by atoms with van der Waals surface area (Å²) in [6, 6.07) is 3.98. The van der Waals surface area contributed by atoms with Crippen LogP contribution in [0, 0.1) is 5.92 Å². The van der Waals surface area contributed by atoms with Gasteiger partial charge in [0.15, 0.2) is 0 Å². The summed E-state index contributed by atoms with van der Waals surface area (Å²) in [5.41, 5.74) is 0.883. The van der Waals surface area contributed by atoms with Gasteiger partial charge in [0.1, 0.15) is 5.82 Å². The molecular weight excluding hydrogens is 200 g/mol. The van der Waals surface area contributed by atoms with Crippen LogP contribution in [0.1, 0.15) is 38.4 Å². The number of anilines is 1. The van der Waals surface area contributed by atoms with E-state index in [2.05, 4.69) is 16.8 Å². The first-order valence-electron chi connectivity index (χ1n) is 6.06. The average molecular weight is 220 g/mol. The zero-order chi connectivity index (χ0) is 11.5. The minimum atomic E-state index is -0.429. The predicted octanol–water partition coefficient (Wildman–Crippen LogP) is 2.37. The molecule has 0 bridgehead atoms. The predicted molar refractivity (Wildman–Crippen MR) is 65.5 cm³/mol. The third kappa shape index (κ3) is 2.53. The number of aliphatic hydroxyl groups excluding tert-OH is 1. The molecule has 0 aliphatic carbocycles. The summed E-state index contributed by atoms with van der Waals surface area (Å²) < 4.78 is 0. The van der Waals surface area contributed by atoms with Crippen LogP contribution in [0.2, 0.25) is 0 Å². The molecule has 1 fully saturated rings. The maximum atomic E-state index is 9.41. The van der Waals surface area contributed by atoms with Gasteiger partial charge in [-0.1, -0.05) is 13.0 Å². The van der Waals surface area contributed by atoms with Gasteiger partial charge < -0.3 is 10.0 Å². The Hall–Kier alpha value is -1.09. The molecule has 16 heavy (non-hydrogen) atoms. The number of aliphatic hydroxyl groups is 1. The summed E-state index contributed by atoms with van der Waals surface area (Å²) in [5, 5.41) is 9.41. The van der Waals surface area contributed by atoms with E-state index in [0.29, 0.717) is 0 Å². The monoisotopic (exact) mass is 220 g/mol. The largest absolute Gasteiger partial charge is 0.389 e. The number of aromatic nitrogens is 1. The smallest absolute Gasteiger partial charge is 0.128 e. The quantitative estimate of drug-likeness (QED) is 0.831. The minimum Gasteiger partial charge on any atom is -0.389 e. The van der Waals surface area contributed by atoms with Crippen LogP contribution in [0.5, 0.6) is 0 Å². The first-order valence-corrected chi connectivity index (χ1v) is 6.06.